The number of nitrogens with two attached hydrogens (primary N) is 1. The van der Waals surface area contributed by atoms with E-state index in [1.54, 1.807) is 0 Å². The van der Waals surface area contributed by atoms with Gasteiger partial charge < -0.3 is 10.5 Å². The van der Waals surface area contributed by atoms with Crippen LogP contribution in [0, 0.1) is 0 Å². The molecule has 17 heavy (non-hydrogen) atoms. The van der Waals surface area contributed by atoms with Gasteiger partial charge in [-0.2, -0.15) is 0 Å². The first-order chi connectivity index (χ1) is 8.01. The molecule has 1 saturated heterocycles. The lowest BCUT2D eigenvalue weighted by Crippen LogP contribution is -2.39. The topological polar surface area (TPSA) is 77.2 Å². The van der Waals surface area contributed by atoms with Gasteiger partial charge in [0.05, 0.1) is 5.69 Å². The summed E-state index contributed by atoms with van der Waals surface area (Å²) in [5.41, 5.74) is 5.80. The summed E-state index contributed by atoms with van der Waals surface area (Å²) in [4.78, 5) is 16.3. The fourth-order valence-electron chi connectivity index (χ4n) is 1.74. The Balaban J connectivity index is 2.02. The smallest absolute Gasteiger partial charge is 0.258 e. The van der Waals surface area contributed by atoms with E-state index in [1.165, 1.54) is 11.3 Å². The molecule has 2 unspecified atom stereocenters. The van der Waals surface area contributed by atoms with E-state index in [4.69, 9.17) is 10.5 Å². The molecule has 6 heteroatoms. The third-order valence-electron chi connectivity index (χ3n) is 2.91. The number of amides is 1. The highest BCUT2D eigenvalue weighted by molar-refractivity contribution is 7.13. The highest BCUT2D eigenvalue weighted by Crippen LogP contribution is 2.27. The highest BCUT2D eigenvalue weighted by atomic mass is 32.1. The van der Waals surface area contributed by atoms with Gasteiger partial charge in [0.2, 0.25) is 0 Å². The first-order valence-corrected chi connectivity index (χ1v) is 6.56. The molecule has 0 saturated carbocycles. The van der Waals surface area contributed by atoms with Gasteiger partial charge in [0.25, 0.3) is 5.91 Å². The summed E-state index contributed by atoms with van der Waals surface area (Å²) in [5, 5.41) is 5.23. The summed E-state index contributed by atoms with van der Waals surface area (Å²) in [6, 6.07) is -0.116. The van der Waals surface area contributed by atoms with Gasteiger partial charge >= 0.3 is 0 Å². The van der Waals surface area contributed by atoms with Gasteiger partial charge in [-0.15, -0.1) is 11.3 Å². The van der Waals surface area contributed by atoms with Gasteiger partial charge in [-0.05, 0) is 26.7 Å². The molecule has 94 valence electrons. The van der Waals surface area contributed by atoms with Crippen molar-refractivity contribution < 1.29 is 9.53 Å². The van der Waals surface area contributed by atoms with Crippen LogP contribution in [0.2, 0.25) is 0 Å². The van der Waals surface area contributed by atoms with Crippen LogP contribution in [0.25, 0.3) is 0 Å². The number of hydrogen-bond acceptors (Lipinski definition) is 5. The van der Waals surface area contributed by atoms with Crippen LogP contribution in [0.5, 0.6) is 0 Å². The lowest BCUT2D eigenvalue weighted by atomic mass is 10.0. The first-order valence-electron chi connectivity index (χ1n) is 5.68. The van der Waals surface area contributed by atoms with Crippen LogP contribution in [-0.4, -0.2) is 23.1 Å². The normalized spacial score (nSPS) is 25.8. The minimum atomic E-state index is -0.708. The summed E-state index contributed by atoms with van der Waals surface area (Å²) < 4.78 is 5.47. The van der Waals surface area contributed by atoms with E-state index in [2.05, 4.69) is 10.3 Å². The van der Waals surface area contributed by atoms with Crippen molar-refractivity contribution in [3.05, 3.63) is 11.1 Å². The highest BCUT2D eigenvalue weighted by Gasteiger charge is 2.38. The number of ether oxygens (including phenoxy) is 1. The van der Waals surface area contributed by atoms with E-state index in [0.29, 0.717) is 11.7 Å². The Morgan fingerprint density at radius 1 is 1.76 bits per heavy atom. The van der Waals surface area contributed by atoms with Gasteiger partial charge in [-0.1, -0.05) is 0 Å². The Labute approximate surface area is 104 Å². The number of carbonyl (C=O) groups is 1. The van der Waals surface area contributed by atoms with E-state index in [-0.39, 0.29) is 11.9 Å². The molecule has 1 aromatic heterocycles. The average molecular weight is 255 g/mol. The number of rotatable bonds is 3. The molecule has 2 atom stereocenters. The lowest BCUT2D eigenvalue weighted by Gasteiger charge is -2.20. The fraction of sp³-hybridized carbons (Fsp3) is 0.636. The molecule has 3 N–H and O–H groups in total. The van der Waals surface area contributed by atoms with Crippen LogP contribution in [0.3, 0.4) is 0 Å². The van der Waals surface area contributed by atoms with Crippen LogP contribution < -0.4 is 11.1 Å². The monoisotopic (exact) mass is 255 g/mol. The number of nitrogens with one attached hydrogen (secondary N) is 1. The zero-order valence-corrected chi connectivity index (χ0v) is 10.8. The van der Waals surface area contributed by atoms with Crippen molar-refractivity contribution >= 4 is 22.4 Å². The van der Waals surface area contributed by atoms with Crippen molar-refractivity contribution in [3.8, 4) is 0 Å². The standard InChI is InChI=1S/C11H17N3O2S/c1-7(12)8-6-17-10(13-8)14-9(15)11(2)4-3-5-16-11/h6-7H,3-5,12H2,1-2H3,(H,13,14,15). The average Bonchev–Trinajstić information content (AvgIpc) is 2.88. The number of thiazole rings is 1. The molecule has 1 aliphatic heterocycles. The Kier molecular flexibility index (Phi) is 3.46. The minimum absolute atomic E-state index is 0.116. The molecule has 1 fully saturated rings. The van der Waals surface area contributed by atoms with Crippen LogP contribution in [-0.2, 0) is 9.53 Å². The Morgan fingerprint density at radius 3 is 3.06 bits per heavy atom. The predicted octanol–water partition coefficient (Wildman–Crippen LogP) is 1.67. The zero-order valence-electron chi connectivity index (χ0n) is 10.0. The van der Waals surface area contributed by atoms with Crippen LogP contribution >= 0.6 is 11.3 Å². The summed E-state index contributed by atoms with van der Waals surface area (Å²) in [6.45, 7) is 4.32. The van der Waals surface area contributed by atoms with Crippen LogP contribution in [0.1, 0.15) is 38.4 Å². The van der Waals surface area contributed by atoms with Crippen molar-refractivity contribution in [2.24, 2.45) is 5.73 Å². The number of aromatic nitrogens is 1. The number of carbonyl (C=O) groups excluding carboxylic acids is 1. The number of anilines is 1. The van der Waals surface area contributed by atoms with E-state index in [9.17, 15) is 4.79 Å². The molecule has 0 aromatic carbocycles. The van der Waals surface area contributed by atoms with Gasteiger partial charge in [-0.3, -0.25) is 10.1 Å². The Bertz CT molecular complexity index is 411. The molecule has 0 aliphatic carbocycles. The molecule has 2 heterocycles. The molecule has 1 aliphatic rings. The van der Waals surface area contributed by atoms with Gasteiger partial charge in [-0.25, -0.2) is 4.98 Å². The SMILES string of the molecule is CC(N)c1csc(NC(=O)C2(C)CCCO2)n1. The maximum Gasteiger partial charge on any atom is 0.258 e. The zero-order chi connectivity index (χ0) is 12.5. The second kappa shape index (κ2) is 4.72. The quantitative estimate of drug-likeness (QED) is 0.861. The molecule has 0 radical (unpaired) electrons. The van der Waals surface area contributed by atoms with Crippen molar-refractivity contribution in [2.45, 2.75) is 38.3 Å². The predicted molar refractivity (Wildman–Crippen MR) is 66.9 cm³/mol. The van der Waals surface area contributed by atoms with Crippen molar-refractivity contribution in [1.82, 2.24) is 4.98 Å². The largest absolute Gasteiger partial charge is 0.365 e. The van der Waals surface area contributed by atoms with Crippen LogP contribution in [0.4, 0.5) is 5.13 Å². The fourth-order valence-corrected chi connectivity index (χ4v) is 2.55. The first kappa shape index (κ1) is 12.5. The van der Waals surface area contributed by atoms with E-state index < -0.39 is 5.60 Å². The van der Waals surface area contributed by atoms with E-state index >= 15 is 0 Å². The molecule has 2 rings (SSSR count). The van der Waals surface area contributed by atoms with Gasteiger partial charge in [0.1, 0.15) is 5.60 Å². The summed E-state index contributed by atoms with van der Waals surface area (Å²) in [6.07, 6.45) is 1.68. The van der Waals surface area contributed by atoms with Crippen molar-refractivity contribution in [3.63, 3.8) is 0 Å². The third-order valence-corrected chi connectivity index (χ3v) is 3.68. The lowest BCUT2D eigenvalue weighted by molar-refractivity contribution is -0.133. The molecular formula is C11H17N3O2S. The second-order valence-corrected chi connectivity index (χ2v) is 5.36. The molecule has 0 spiro atoms. The molecule has 1 aromatic rings. The molecule has 1 amide bonds. The van der Waals surface area contributed by atoms with Gasteiger partial charge in [0, 0.05) is 18.0 Å². The van der Waals surface area contributed by atoms with Gasteiger partial charge in [0.15, 0.2) is 5.13 Å². The van der Waals surface area contributed by atoms with E-state index in [1.807, 2.05) is 19.2 Å². The summed E-state index contributed by atoms with van der Waals surface area (Å²) >= 11 is 1.39. The maximum absolute atomic E-state index is 12.0. The molecular weight excluding hydrogens is 238 g/mol. The molecule has 0 bridgehead atoms. The maximum atomic E-state index is 12.0. The Hall–Kier alpha value is -0.980. The minimum Gasteiger partial charge on any atom is -0.365 e. The summed E-state index contributed by atoms with van der Waals surface area (Å²) in [7, 11) is 0. The summed E-state index contributed by atoms with van der Waals surface area (Å²) in [5.74, 6) is -0.124. The van der Waals surface area contributed by atoms with Crippen LogP contribution in [0.15, 0.2) is 5.38 Å². The third kappa shape index (κ3) is 2.65. The van der Waals surface area contributed by atoms with E-state index in [0.717, 1.165) is 18.5 Å². The molecule has 5 nitrogen and oxygen atoms in total. The Morgan fingerprint density at radius 2 is 2.53 bits per heavy atom. The number of nitrogens with zero attached hydrogens (tertiary/aromatic N) is 1. The van der Waals surface area contributed by atoms with Crippen molar-refractivity contribution in [1.29, 1.82) is 0 Å². The number of hydrogen-bond donors (Lipinski definition) is 2. The van der Waals surface area contributed by atoms with Crippen molar-refractivity contribution in [2.75, 3.05) is 11.9 Å². The second-order valence-electron chi connectivity index (χ2n) is 4.50.